The van der Waals surface area contributed by atoms with Gasteiger partial charge in [-0.15, -0.1) is 0 Å². The minimum absolute atomic E-state index is 0.216. The minimum atomic E-state index is -3.12. The molecule has 6 nitrogen and oxygen atoms in total. The van der Waals surface area contributed by atoms with Crippen LogP contribution in [-0.4, -0.2) is 37.7 Å². The molecule has 0 bridgehead atoms. The molecule has 0 unspecified atom stereocenters. The number of nitrogens with one attached hydrogen (secondary N) is 1. The molecule has 11 heteroatoms. The smallest absolute Gasteiger partial charge is 0.297 e. The Morgan fingerprint density at radius 3 is 2.43 bits per heavy atom. The molecule has 0 aliphatic carbocycles. The van der Waals surface area contributed by atoms with E-state index in [4.69, 9.17) is 11.6 Å². The highest BCUT2D eigenvalue weighted by Crippen LogP contribution is 2.39. The largest absolute Gasteiger partial charge is 0.393 e. The van der Waals surface area contributed by atoms with Crippen LogP contribution >= 0.6 is 11.6 Å². The molecule has 30 heavy (non-hydrogen) atoms. The van der Waals surface area contributed by atoms with Crippen molar-refractivity contribution in [3.05, 3.63) is 46.1 Å². The Morgan fingerprint density at radius 2 is 1.83 bits per heavy atom. The van der Waals surface area contributed by atoms with E-state index in [1.54, 1.807) is 17.9 Å². The maximum absolute atomic E-state index is 13.2. The number of fused-ring (bicyclic) bond motifs is 3. The van der Waals surface area contributed by atoms with Gasteiger partial charge < -0.3 is 15.0 Å². The lowest BCUT2D eigenvalue weighted by Gasteiger charge is -2.36. The Hall–Kier alpha value is -2.46. The summed E-state index contributed by atoms with van der Waals surface area (Å²) in [6, 6.07) is 4.86. The van der Waals surface area contributed by atoms with Crippen LogP contribution in [0, 0.1) is 0 Å². The van der Waals surface area contributed by atoms with Gasteiger partial charge >= 0.3 is 0 Å². The van der Waals surface area contributed by atoms with E-state index in [0.29, 0.717) is 18.0 Å². The SMILES string of the molecule is C[C@@H](O)C[C@H]1c2[nH]c3ccc(Cl)cc3c2CCN1c1nc(C(F)F)nc(C(F)F)n1. The van der Waals surface area contributed by atoms with Crippen LogP contribution in [0.5, 0.6) is 0 Å². The second kappa shape index (κ2) is 7.99. The van der Waals surface area contributed by atoms with Gasteiger partial charge in [-0.3, -0.25) is 0 Å². The summed E-state index contributed by atoms with van der Waals surface area (Å²) in [4.78, 5) is 15.5. The van der Waals surface area contributed by atoms with Crippen LogP contribution in [0.4, 0.5) is 23.5 Å². The number of benzene rings is 1. The number of aliphatic hydroxyl groups is 1. The van der Waals surface area contributed by atoms with Gasteiger partial charge in [-0.05, 0) is 43.5 Å². The molecule has 0 radical (unpaired) electrons. The fraction of sp³-hybridized carbons (Fsp3) is 0.421. The lowest BCUT2D eigenvalue weighted by Crippen LogP contribution is -2.38. The first-order chi connectivity index (χ1) is 14.2. The summed E-state index contributed by atoms with van der Waals surface area (Å²) in [7, 11) is 0. The van der Waals surface area contributed by atoms with E-state index in [9.17, 15) is 22.7 Å². The molecule has 2 N–H and O–H groups in total. The zero-order valence-electron chi connectivity index (χ0n) is 15.8. The van der Waals surface area contributed by atoms with E-state index in [0.717, 1.165) is 22.2 Å². The highest BCUT2D eigenvalue weighted by molar-refractivity contribution is 6.31. The second-order valence-corrected chi connectivity index (χ2v) is 7.64. The monoisotopic (exact) mass is 443 g/mol. The molecule has 1 aromatic carbocycles. The van der Waals surface area contributed by atoms with Gasteiger partial charge in [0.2, 0.25) is 17.6 Å². The molecule has 3 aromatic rings. The van der Waals surface area contributed by atoms with Crippen molar-refractivity contribution in [2.45, 2.75) is 44.8 Å². The Labute approximate surface area is 173 Å². The van der Waals surface area contributed by atoms with Crippen molar-refractivity contribution in [1.29, 1.82) is 0 Å². The van der Waals surface area contributed by atoms with Gasteiger partial charge in [0.15, 0.2) is 0 Å². The van der Waals surface area contributed by atoms with E-state index in [1.165, 1.54) is 0 Å². The van der Waals surface area contributed by atoms with Crippen LogP contribution in [0.1, 0.15) is 55.1 Å². The number of aliphatic hydroxyl groups excluding tert-OH is 1. The van der Waals surface area contributed by atoms with E-state index >= 15 is 0 Å². The number of aromatic amines is 1. The average Bonchev–Trinajstić information content (AvgIpc) is 3.05. The fourth-order valence-corrected chi connectivity index (χ4v) is 4.04. The molecule has 4 rings (SSSR count). The Bertz CT molecular complexity index is 1050. The predicted octanol–water partition coefficient (Wildman–Crippen LogP) is 4.76. The second-order valence-electron chi connectivity index (χ2n) is 7.20. The first-order valence-corrected chi connectivity index (χ1v) is 9.69. The molecule has 1 aliphatic heterocycles. The third-order valence-electron chi connectivity index (χ3n) is 5.08. The van der Waals surface area contributed by atoms with E-state index in [-0.39, 0.29) is 12.4 Å². The maximum atomic E-state index is 13.2. The van der Waals surface area contributed by atoms with Crippen molar-refractivity contribution < 1.29 is 22.7 Å². The number of halogens is 5. The highest BCUT2D eigenvalue weighted by atomic mass is 35.5. The number of nitrogens with zero attached hydrogens (tertiary/aromatic N) is 4. The molecule has 0 fully saturated rings. The summed E-state index contributed by atoms with van der Waals surface area (Å²) in [6.45, 7) is 1.88. The first kappa shape index (κ1) is 20.8. The van der Waals surface area contributed by atoms with Crippen molar-refractivity contribution in [2.75, 3.05) is 11.4 Å². The van der Waals surface area contributed by atoms with Crippen LogP contribution in [0.3, 0.4) is 0 Å². The average molecular weight is 444 g/mol. The van der Waals surface area contributed by atoms with Crippen molar-refractivity contribution >= 4 is 28.5 Å². The van der Waals surface area contributed by atoms with Crippen molar-refractivity contribution in [1.82, 2.24) is 19.9 Å². The number of rotatable bonds is 5. The summed E-state index contributed by atoms with van der Waals surface area (Å²) in [5.74, 6) is -2.26. The molecule has 2 aromatic heterocycles. The van der Waals surface area contributed by atoms with Crippen LogP contribution < -0.4 is 4.90 Å². The fourth-order valence-electron chi connectivity index (χ4n) is 3.87. The van der Waals surface area contributed by atoms with E-state index < -0.39 is 36.6 Å². The number of hydrogen-bond acceptors (Lipinski definition) is 5. The van der Waals surface area contributed by atoms with Crippen molar-refractivity contribution in [2.24, 2.45) is 0 Å². The van der Waals surface area contributed by atoms with Gasteiger partial charge in [0.1, 0.15) is 0 Å². The number of hydrogen-bond donors (Lipinski definition) is 2. The number of alkyl halides is 4. The quantitative estimate of drug-likeness (QED) is 0.556. The van der Waals surface area contributed by atoms with Crippen molar-refractivity contribution in [3.63, 3.8) is 0 Å². The molecule has 0 saturated carbocycles. The van der Waals surface area contributed by atoms with Gasteiger partial charge in [-0.2, -0.15) is 9.97 Å². The molecular weight excluding hydrogens is 426 g/mol. The zero-order chi connectivity index (χ0) is 21.6. The summed E-state index contributed by atoms with van der Waals surface area (Å²) >= 11 is 6.12. The molecular formula is C19H18ClF4N5O. The molecule has 0 spiro atoms. The van der Waals surface area contributed by atoms with E-state index in [2.05, 4.69) is 19.9 Å². The summed E-state index contributed by atoms with van der Waals surface area (Å²) in [6.07, 6.45) is -6.27. The standard InChI is InChI=1S/C19H18ClF4N5O/c1-8(30)6-13-14-10(11-7-9(20)2-3-12(11)25-14)4-5-29(13)19-27-17(15(21)22)26-18(28-19)16(23)24/h2-3,7-8,13,15-16,25,30H,4-6H2,1H3/t8-,13+/m1/s1. The van der Waals surface area contributed by atoms with Gasteiger partial charge in [0.25, 0.3) is 12.9 Å². The lowest BCUT2D eigenvalue weighted by atomic mass is 9.94. The Kier molecular flexibility index (Phi) is 5.54. The topological polar surface area (TPSA) is 77.9 Å². The van der Waals surface area contributed by atoms with Gasteiger partial charge in [-0.25, -0.2) is 22.5 Å². The van der Waals surface area contributed by atoms with Crippen LogP contribution in [-0.2, 0) is 6.42 Å². The summed E-state index contributed by atoms with van der Waals surface area (Å²) in [5.41, 5.74) is 2.56. The van der Waals surface area contributed by atoms with Crippen LogP contribution in [0.2, 0.25) is 5.02 Å². The minimum Gasteiger partial charge on any atom is -0.393 e. The number of H-pyrrole nitrogens is 1. The summed E-state index contributed by atoms with van der Waals surface area (Å²) in [5, 5.41) is 11.5. The first-order valence-electron chi connectivity index (χ1n) is 9.31. The van der Waals surface area contributed by atoms with Crippen LogP contribution in [0.25, 0.3) is 10.9 Å². The Balaban J connectivity index is 1.84. The highest BCUT2D eigenvalue weighted by Gasteiger charge is 2.34. The molecule has 1 aliphatic rings. The van der Waals surface area contributed by atoms with Crippen LogP contribution in [0.15, 0.2) is 18.2 Å². The predicted molar refractivity (Wildman–Crippen MR) is 103 cm³/mol. The number of aromatic nitrogens is 4. The maximum Gasteiger partial charge on any atom is 0.297 e. The molecule has 0 saturated heterocycles. The third-order valence-corrected chi connectivity index (χ3v) is 5.32. The molecule has 0 amide bonds. The molecule has 160 valence electrons. The zero-order valence-corrected chi connectivity index (χ0v) is 16.5. The van der Waals surface area contributed by atoms with E-state index in [1.807, 2.05) is 12.1 Å². The van der Waals surface area contributed by atoms with Gasteiger partial charge in [0.05, 0.1) is 12.1 Å². The molecule has 3 heterocycles. The normalized spacial score (nSPS) is 17.8. The lowest BCUT2D eigenvalue weighted by molar-refractivity contribution is 0.125. The summed E-state index contributed by atoms with van der Waals surface area (Å²) < 4.78 is 52.8. The Morgan fingerprint density at radius 1 is 1.17 bits per heavy atom. The molecule has 2 atom stereocenters. The number of anilines is 1. The van der Waals surface area contributed by atoms with Gasteiger partial charge in [0, 0.05) is 28.2 Å². The van der Waals surface area contributed by atoms with Gasteiger partial charge in [-0.1, -0.05) is 11.6 Å². The third kappa shape index (κ3) is 3.81. The van der Waals surface area contributed by atoms with Crippen molar-refractivity contribution in [3.8, 4) is 0 Å².